The Morgan fingerprint density at radius 2 is 0.750 bits per heavy atom. The number of allylic oxidation sites excluding steroid dienone is 3. The third kappa shape index (κ3) is 5.39. The summed E-state index contributed by atoms with van der Waals surface area (Å²) in [6, 6.07) is 81.0. The van der Waals surface area contributed by atoms with Crippen LogP contribution in [0.25, 0.3) is 83.5 Å². The Kier molecular flexibility index (Phi) is 8.23. The maximum Gasteiger partial charge on any atom is 0.0713 e. The predicted molar refractivity (Wildman–Crippen MR) is 268 cm³/mol. The highest BCUT2D eigenvalue weighted by Crippen LogP contribution is 2.56. The van der Waals surface area contributed by atoms with E-state index < -0.39 is 5.41 Å². The van der Waals surface area contributed by atoms with Crippen LogP contribution < -0.4 is 0 Å². The van der Waals surface area contributed by atoms with E-state index in [0.717, 1.165) is 12.1 Å². The number of hydrogen-bond donors (Lipinski definition) is 0. The minimum absolute atomic E-state index is 0.481. The molecule has 64 heavy (non-hydrogen) atoms. The number of nitrogens with zero attached hydrogens (tertiary/aromatic N) is 2. The van der Waals surface area contributed by atoms with E-state index >= 15 is 0 Å². The summed E-state index contributed by atoms with van der Waals surface area (Å²) < 4.78 is 4.81. The standard InChI is InChI=1S/C62H42N2/c1-2-16-52-53-17-6-11-23-59(53)63(58(52)22-3-1)48-38-30-44(31-39-48)42-26-34-46(35-27-42)62(56-20-9-4-14-50(56)51-15-5-10-21-57(51)62)47-36-28-43(29-37-47)45-32-40-49(41-33-45)64-60-24-12-7-18-54(60)55-19-8-13-25-61(55)64/h1-21,23-41H,22H2. The van der Waals surface area contributed by atoms with E-state index in [9.17, 15) is 0 Å². The van der Waals surface area contributed by atoms with Crippen LogP contribution in [0.5, 0.6) is 0 Å². The number of benzene rings is 9. The van der Waals surface area contributed by atoms with Crippen LogP contribution >= 0.6 is 0 Å². The van der Waals surface area contributed by atoms with Crippen molar-refractivity contribution in [2.75, 3.05) is 0 Å². The van der Waals surface area contributed by atoms with E-state index in [1.807, 2.05) is 0 Å². The predicted octanol–water partition coefficient (Wildman–Crippen LogP) is 15.6. The van der Waals surface area contributed by atoms with Crippen molar-refractivity contribution in [3.8, 4) is 44.8 Å². The molecule has 0 atom stereocenters. The Labute approximate surface area is 373 Å². The fourth-order valence-corrected chi connectivity index (χ4v) is 11.1. The quantitative estimate of drug-likeness (QED) is 0.158. The van der Waals surface area contributed by atoms with Gasteiger partial charge in [-0.1, -0.05) is 200 Å². The molecule has 0 radical (unpaired) electrons. The Morgan fingerprint density at radius 1 is 0.344 bits per heavy atom. The lowest BCUT2D eigenvalue weighted by molar-refractivity contribution is 0.769. The van der Waals surface area contributed by atoms with Crippen LogP contribution in [0.4, 0.5) is 0 Å². The lowest BCUT2D eigenvalue weighted by Crippen LogP contribution is -2.28. The van der Waals surface area contributed by atoms with Gasteiger partial charge < -0.3 is 9.13 Å². The first-order valence-electron chi connectivity index (χ1n) is 22.3. The molecule has 2 aliphatic rings. The van der Waals surface area contributed by atoms with Crippen molar-refractivity contribution in [3.63, 3.8) is 0 Å². The van der Waals surface area contributed by atoms with Crippen molar-refractivity contribution in [2.45, 2.75) is 11.8 Å². The second kappa shape index (κ2) is 14.4. The SMILES string of the molecule is C1=CCc2c(c3ccccc3n2-c2ccc(-c3ccc(C4(c5ccc(-c6ccc(-n7c8ccccc8c8ccccc87)cc6)cc5)c5ccccc5-c5ccccc54)cc3)cc2)C=C1. The molecule has 300 valence electrons. The van der Waals surface area contributed by atoms with Crippen molar-refractivity contribution in [3.05, 3.63) is 270 Å². The topological polar surface area (TPSA) is 9.86 Å². The van der Waals surface area contributed by atoms with E-state index in [4.69, 9.17) is 0 Å². The van der Waals surface area contributed by atoms with Crippen LogP contribution in [-0.2, 0) is 11.8 Å². The first-order valence-corrected chi connectivity index (χ1v) is 22.3. The normalized spacial score (nSPS) is 13.6. The first-order chi connectivity index (χ1) is 31.8. The summed E-state index contributed by atoms with van der Waals surface area (Å²) in [6.45, 7) is 0. The molecule has 0 N–H and O–H groups in total. The van der Waals surface area contributed by atoms with Gasteiger partial charge in [0.2, 0.25) is 0 Å². The lowest BCUT2D eigenvalue weighted by Gasteiger charge is -2.34. The largest absolute Gasteiger partial charge is 0.313 e. The molecule has 2 aliphatic carbocycles. The van der Waals surface area contributed by atoms with Gasteiger partial charge in [-0.25, -0.2) is 0 Å². The fourth-order valence-electron chi connectivity index (χ4n) is 11.1. The molecule has 13 rings (SSSR count). The van der Waals surface area contributed by atoms with Gasteiger partial charge in [-0.15, -0.1) is 0 Å². The summed E-state index contributed by atoms with van der Waals surface area (Å²) in [6.07, 6.45) is 9.71. The maximum absolute atomic E-state index is 2.43. The zero-order valence-electron chi connectivity index (χ0n) is 35.2. The number of fused-ring (bicyclic) bond motifs is 9. The molecule has 11 aromatic rings. The number of aromatic nitrogens is 2. The zero-order valence-corrected chi connectivity index (χ0v) is 35.2. The van der Waals surface area contributed by atoms with Crippen molar-refractivity contribution in [1.29, 1.82) is 0 Å². The molecule has 2 heteroatoms. The molecule has 0 spiro atoms. The van der Waals surface area contributed by atoms with Crippen LogP contribution in [0.15, 0.2) is 237 Å². The average molecular weight is 815 g/mol. The van der Waals surface area contributed by atoms with Gasteiger partial charge in [-0.3, -0.25) is 0 Å². The van der Waals surface area contributed by atoms with Crippen molar-refractivity contribution in [2.24, 2.45) is 0 Å². The second-order valence-corrected chi connectivity index (χ2v) is 17.2. The minimum Gasteiger partial charge on any atom is -0.313 e. The molecule has 0 saturated heterocycles. The smallest absolute Gasteiger partial charge is 0.0713 e. The lowest BCUT2D eigenvalue weighted by atomic mass is 9.67. The van der Waals surface area contributed by atoms with Gasteiger partial charge in [0.1, 0.15) is 0 Å². The fraction of sp³-hybridized carbons (Fsp3) is 0.0323. The summed E-state index contributed by atoms with van der Waals surface area (Å²) >= 11 is 0. The molecule has 0 unspecified atom stereocenters. The monoisotopic (exact) mass is 814 g/mol. The Balaban J connectivity index is 0.872. The molecule has 2 heterocycles. The summed E-state index contributed by atoms with van der Waals surface area (Å²) in [5, 5.41) is 3.84. The van der Waals surface area contributed by atoms with Crippen LogP contribution in [0, 0.1) is 0 Å². The van der Waals surface area contributed by atoms with Crippen LogP contribution in [0.1, 0.15) is 33.5 Å². The summed E-state index contributed by atoms with van der Waals surface area (Å²) in [5.41, 5.74) is 20.7. The molecule has 2 nitrogen and oxygen atoms in total. The van der Waals surface area contributed by atoms with Gasteiger partial charge in [-0.2, -0.15) is 0 Å². The maximum atomic E-state index is 2.43. The highest BCUT2D eigenvalue weighted by Gasteiger charge is 2.45. The minimum atomic E-state index is -0.481. The highest BCUT2D eigenvalue weighted by atomic mass is 15.0. The first kappa shape index (κ1) is 36.5. The van der Waals surface area contributed by atoms with Gasteiger partial charge >= 0.3 is 0 Å². The molecule has 2 aromatic heterocycles. The molecule has 0 aliphatic heterocycles. The van der Waals surface area contributed by atoms with Gasteiger partial charge in [0, 0.05) is 45.2 Å². The van der Waals surface area contributed by atoms with Crippen LogP contribution in [-0.4, -0.2) is 9.13 Å². The number of para-hydroxylation sites is 3. The van der Waals surface area contributed by atoms with Crippen molar-refractivity contribution >= 4 is 38.8 Å². The van der Waals surface area contributed by atoms with E-state index in [1.165, 1.54) is 105 Å². The summed E-state index contributed by atoms with van der Waals surface area (Å²) in [4.78, 5) is 0. The van der Waals surface area contributed by atoms with Gasteiger partial charge in [0.25, 0.3) is 0 Å². The molecule has 0 bridgehead atoms. The van der Waals surface area contributed by atoms with Gasteiger partial charge in [-0.05, 0) is 98.1 Å². The van der Waals surface area contributed by atoms with Crippen molar-refractivity contribution < 1.29 is 0 Å². The molecular formula is C62H42N2. The molecular weight excluding hydrogens is 773 g/mol. The Hall–Kier alpha value is -8.20. The molecule has 0 fully saturated rings. The molecule has 9 aromatic carbocycles. The van der Waals surface area contributed by atoms with E-state index in [2.05, 4.69) is 252 Å². The number of hydrogen-bond acceptors (Lipinski definition) is 0. The van der Waals surface area contributed by atoms with Crippen LogP contribution in [0.3, 0.4) is 0 Å². The van der Waals surface area contributed by atoms with Crippen LogP contribution in [0.2, 0.25) is 0 Å². The second-order valence-electron chi connectivity index (χ2n) is 17.2. The molecule has 0 amide bonds. The third-order valence-corrected chi connectivity index (χ3v) is 13.9. The Bertz CT molecular complexity index is 3550. The summed E-state index contributed by atoms with van der Waals surface area (Å²) in [7, 11) is 0. The third-order valence-electron chi connectivity index (χ3n) is 13.9. The zero-order chi connectivity index (χ0) is 42.2. The summed E-state index contributed by atoms with van der Waals surface area (Å²) in [5.74, 6) is 0. The molecule has 0 saturated carbocycles. The number of rotatable bonds is 6. The van der Waals surface area contributed by atoms with Gasteiger partial charge in [0.05, 0.1) is 22.0 Å². The van der Waals surface area contributed by atoms with E-state index in [1.54, 1.807) is 0 Å². The van der Waals surface area contributed by atoms with Crippen molar-refractivity contribution in [1.82, 2.24) is 9.13 Å². The Morgan fingerprint density at radius 3 is 1.27 bits per heavy atom. The van der Waals surface area contributed by atoms with E-state index in [0.29, 0.717) is 0 Å². The van der Waals surface area contributed by atoms with E-state index in [-0.39, 0.29) is 0 Å². The highest BCUT2D eigenvalue weighted by molar-refractivity contribution is 6.09. The van der Waals surface area contributed by atoms with Gasteiger partial charge in [0.15, 0.2) is 0 Å². The average Bonchev–Trinajstić information content (AvgIpc) is 3.90.